The Bertz CT molecular complexity index is 628. The minimum atomic E-state index is -4.00. The van der Waals surface area contributed by atoms with E-state index >= 15 is 0 Å². The Labute approximate surface area is 130 Å². The van der Waals surface area contributed by atoms with Crippen molar-refractivity contribution in [2.45, 2.75) is 0 Å². The zero-order valence-electron chi connectivity index (χ0n) is 12.0. The van der Waals surface area contributed by atoms with E-state index in [1.807, 2.05) is 6.07 Å². The van der Waals surface area contributed by atoms with Crippen molar-refractivity contribution in [2.24, 2.45) is 0 Å². The molecule has 7 heteroatoms. The number of benzene rings is 1. The van der Waals surface area contributed by atoms with Crippen molar-refractivity contribution < 1.29 is 22.5 Å². The van der Waals surface area contributed by atoms with Gasteiger partial charge in [0.05, 0.1) is 18.6 Å². The van der Waals surface area contributed by atoms with Crippen LogP contribution in [0.2, 0.25) is 0 Å². The van der Waals surface area contributed by atoms with Crippen molar-refractivity contribution in [3.8, 4) is 6.07 Å². The van der Waals surface area contributed by atoms with Crippen LogP contribution >= 0.6 is 0 Å². The quantitative estimate of drug-likeness (QED) is 0.397. The molecule has 1 N–H and O–H groups in total. The van der Waals surface area contributed by atoms with Crippen LogP contribution in [0.5, 0.6) is 0 Å². The van der Waals surface area contributed by atoms with Crippen LogP contribution in [0.25, 0.3) is 6.08 Å². The summed E-state index contributed by atoms with van der Waals surface area (Å²) in [6, 6.07) is 10.6. The van der Waals surface area contributed by atoms with Gasteiger partial charge in [0.25, 0.3) is 10.1 Å². The Kier molecular flexibility index (Phi) is 13.1. The number of hydrogen-bond acceptors (Lipinski definition) is 5. The summed E-state index contributed by atoms with van der Waals surface area (Å²) in [4.78, 5) is 9.84. The normalized spacial score (nSPS) is 9.14. The maximum atomic E-state index is 10.3. The maximum Gasteiger partial charge on any atom is 0.329 e. The molecule has 1 rings (SSSR count). The number of methoxy groups -OCH3 is 1. The Morgan fingerprint density at radius 2 is 1.82 bits per heavy atom. The van der Waals surface area contributed by atoms with Crippen LogP contribution < -0.4 is 0 Å². The Morgan fingerprint density at radius 1 is 1.32 bits per heavy atom. The second kappa shape index (κ2) is 13.3. The number of nitriles is 1. The van der Waals surface area contributed by atoms with Crippen molar-refractivity contribution in [1.82, 2.24) is 0 Å². The van der Waals surface area contributed by atoms with Crippen LogP contribution in [0.1, 0.15) is 5.56 Å². The molecule has 118 valence electrons. The van der Waals surface area contributed by atoms with E-state index in [0.29, 0.717) is 0 Å². The summed E-state index contributed by atoms with van der Waals surface area (Å²) in [5.74, 6) is -0.394. The van der Waals surface area contributed by atoms with Gasteiger partial charge >= 0.3 is 5.97 Å². The van der Waals surface area contributed by atoms with E-state index < -0.39 is 16.1 Å². The predicted molar refractivity (Wildman–Crippen MR) is 85.0 cm³/mol. The summed E-state index contributed by atoms with van der Waals surface area (Å²) < 4.78 is 33.1. The lowest BCUT2D eigenvalue weighted by Crippen LogP contribution is -1.91. The van der Waals surface area contributed by atoms with Gasteiger partial charge in [-0.25, -0.2) is 4.79 Å². The van der Waals surface area contributed by atoms with Crippen LogP contribution in [0.3, 0.4) is 0 Å². The molecule has 0 radical (unpaired) electrons. The fourth-order valence-corrected chi connectivity index (χ4v) is 1.14. The fraction of sp³-hybridized carbons (Fsp3) is 0.0667. The van der Waals surface area contributed by atoms with Gasteiger partial charge in [-0.2, -0.15) is 13.7 Å². The molecule has 0 spiro atoms. The molecule has 0 atom stereocenters. The number of hydrogen-bond donors (Lipinski definition) is 1. The monoisotopic (exact) mass is 323 g/mol. The van der Waals surface area contributed by atoms with E-state index in [1.165, 1.54) is 19.3 Å². The molecule has 22 heavy (non-hydrogen) atoms. The molecule has 1 aromatic carbocycles. The second-order valence-corrected chi connectivity index (χ2v) is 4.59. The fourth-order valence-electron chi connectivity index (χ4n) is 0.812. The predicted octanol–water partition coefficient (Wildman–Crippen LogP) is 2.59. The van der Waals surface area contributed by atoms with E-state index in [4.69, 9.17) is 9.81 Å². The molecule has 0 saturated carbocycles. The second-order valence-electron chi connectivity index (χ2n) is 3.29. The van der Waals surface area contributed by atoms with E-state index in [0.717, 1.165) is 17.0 Å². The van der Waals surface area contributed by atoms with Crippen molar-refractivity contribution in [2.75, 3.05) is 7.11 Å². The zero-order valence-corrected chi connectivity index (χ0v) is 12.9. The van der Waals surface area contributed by atoms with E-state index in [9.17, 15) is 13.2 Å². The third-order valence-corrected chi connectivity index (χ3v) is 2.17. The molecule has 0 saturated heterocycles. The Morgan fingerprint density at radius 3 is 2.09 bits per heavy atom. The first-order chi connectivity index (χ1) is 10.3. The van der Waals surface area contributed by atoms with Gasteiger partial charge in [-0.1, -0.05) is 43.5 Å². The van der Waals surface area contributed by atoms with Gasteiger partial charge in [-0.3, -0.25) is 4.55 Å². The molecule has 0 fully saturated rings. The summed E-state index contributed by atoms with van der Waals surface area (Å²) in [7, 11) is -2.69. The Balaban J connectivity index is 0. The first-order valence-corrected chi connectivity index (χ1v) is 7.22. The van der Waals surface area contributed by atoms with E-state index in [2.05, 4.69) is 17.9 Å². The number of allylic oxidation sites excluding steroid dienone is 1. The number of carbonyl (C=O) groups excluding carboxylic acids is 1. The van der Waals surface area contributed by atoms with Gasteiger partial charge in [0.1, 0.15) is 0 Å². The molecule has 0 heterocycles. The molecule has 0 aliphatic heterocycles. The lowest BCUT2D eigenvalue weighted by Gasteiger charge is -1.89. The first-order valence-electron chi connectivity index (χ1n) is 5.72. The molecular formula is C15H17NO5S. The van der Waals surface area contributed by atoms with Crippen molar-refractivity contribution >= 4 is 22.2 Å². The first kappa shape index (κ1) is 21.6. The average Bonchev–Trinajstić information content (AvgIpc) is 2.53. The third kappa shape index (κ3) is 17.3. The molecular weight excluding hydrogens is 306 g/mol. The summed E-state index contributed by atoms with van der Waals surface area (Å²) in [5, 5.41) is 8.26. The highest BCUT2D eigenvalue weighted by atomic mass is 32.2. The molecule has 1 aromatic rings. The molecule has 0 unspecified atom stereocenters. The van der Waals surface area contributed by atoms with Gasteiger partial charge in [0.15, 0.2) is 0 Å². The molecule has 0 aliphatic carbocycles. The molecule has 0 aromatic heterocycles. The highest BCUT2D eigenvalue weighted by Crippen LogP contribution is 2.01. The van der Waals surface area contributed by atoms with Crippen LogP contribution in [0.4, 0.5) is 0 Å². The molecule has 6 nitrogen and oxygen atoms in total. The van der Waals surface area contributed by atoms with Gasteiger partial charge in [-0.05, 0) is 11.6 Å². The Hall–Kier alpha value is -2.69. The molecule has 0 amide bonds. The standard InChI is InChI=1S/C8H8O3S.C4H6O2.C3H3N/c9-12(10,11)7-6-8-4-2-1-3-5-8;1-3-4(5)6-2;1-2-3-4/h1-7H,(H,9,10,11);3H,1H2,2H3;2H,1H2. The van der Waals surface area contributed by atoms with Crippen LogP contribution in [0.15, 0.2) is 61.0 Å². The van der Waals surface area contributed by atoms with Crippen LogP contribution in [-0.4, -0.2) is 26.0 Å². The maximum absolute atomic E-state index is 10.3. The van der Waals surface area contributed by atoms with E-state index in [1.54, 1.807) is 30.3 Å². The number of ether oxygens (including phenoxy) is 1. The summed E-state index contributed by atoms with van der Waals surface area (Å²) in [6.07, 6.45) is 3.62. The SMILES string of the molecule is C=CC#N.C=CC(=O)OC.O=S(=O)(O)C=Cc1ccccc1. The van der Waals surface area contributed by atoms with Gasteiger partial charge in [-0.15, -0.1) is 0 Å². The average molecular weight is 323 g/mol. The van der Waals surface area contributed by atoms with Gasteiger partial charge in [0.2, 0.25) is 0 Å². The topological polar surface area (TPSA) is 104 Å². The highest BCUT2D eigenvalue weighted by Gasteiger charge is 1.94. The minimum absolute atomic E-state index is 0.394. The van der Waals surface area contributed by atoms with Crippen LogP contribution in [-0.2, 0) is 19.6 Å². The lowest BCUT2D eigenvalue weighted by molar-refractivity contribution is -0.134. The smallest absolute Gasteiger partial charge is 0.329 e. The highest BCUT2D eigenvalue weighted by molar-refractivity contribution is 7.88. The van der Waals surface area contributed by atoms with Crippen LogP contribution in [0, 0.1) is 11.3 Å². The molecule has 0 bridgehead atoms. The van der Waals surface area contributed by atoms with Gasteiger partial charge < -0.3 is 4.74 Å². The number of nitrogens with zero attached hydrogens (tertiary/aromatic N) is 1. The summed E-state index contributed by atoms with van der Waals surface area (Å²) >= 11 is 0. The lowest BCUT2D eigenvalue weighted by atomic mass is 10.2. The largest absolute Gasteiger partial charge is 0.466 e. The van der Waals surface area contributed by atoms with Crippen molar-refractivity contribution in [1.29, 1.82) is 5.26 Å². The van der Waals surface area contributed by atoms with E-state index in [-0.39, 0.29) is 0 Å². The van der Waals surface area contributed by atoms with Gasteiger partial charge in [0, 0.05) is 12.2 Å². The number of carbonyl (C=O) groups is 1. The number of rotatable bonds is 3. The van der Waals surface area contributed by atoms with Crippen molar-refractivity contribution in [3.05, 3.63) is 66.6 Å². The third-order valence-electron chi connectivity index (χ3n) is 1.69. The zero-order chi connectivity index (χ0) is 17.4. The minimum Gasteiger partial charge on any atom is -0.466 e. The number of esters is 1. The summed E-state index contributed by atoms with van der Waals surface area (Å²) in [5.41, 5.74) is 0.732. The summed E-state index contributed by atoms with van der Waals surface area (Å²) in [6.45, 7) is 6.27. The van der Waals surface area contributed by atoms with Crippen molar-refractivity contribution in [3.63, 3.8) is 0 Å². The molecule has 0 aliphatic rings.